The first-order valence-electron chi connectivity index (χ1n) is 6.64. The highest BCUT2D eigenvalue weighted by Crippen LogP contribution is 2.42. The van der Waals surface area contributed by atoms with Crippen molar-refractivity contribution in [2.45, 2.75) is 24.0 Å². The fraction of sp³-hybridized carbons (Fsp3) is 0.400. The third-order valence-electron chi connectivity index (χ3n) is 4.05. The number of rotatable bonds is 4. The van der Waals surface area contributed by atoms with Gasteiger partial charge in [-0.2, -0.15) is 11.8 Å². The summed E-state index contributed by atoms with van der Waals surface area (Å²) in [5, 5.41) is 5.13. The van der Waals surface area contributed by atoms with Crippen molar-refractivity contribution in [1.29, 1.82) is 0 Å². The molecule has 0 aliphatic heterocycles. The van der Waals surface area contributed by atoms with E-state index in [2.05, 4.69) is 16.6 Å². The van der Waals surface area contributed by atoms with Crippen molar-refractivity contribution in [2.75, 3.05) is 18.1 Å². The zero-order valence-corrected chi connectivity index (χ0v) is 11.8. The molecule has 1 fully saturated rings. The van der Waals surface area contributed by atoms with E-state index in [1.165, 1.54) is 19.3 Å². The van der Waals surface area contributed by atoms with Crippen molar-refractivity contribution >= 4 is 28.4 Å². The van der Waals surface area contributed by atoms with Crippen LogP contribution in [0.3, 0.4) is 0 Å². The Labute approximate surface area is 116 Å². The minimum Gasteiger partial charge on any atom is -0.370 e. The molecule has 0 atom stereocenters. The van der Waals surface area contributed by atoms with Gasteiger partial charge in [-0.1, -0.05) is 24.6 Å². The van der Waals surface area contributed by atoms with Gasteiger partial charge in [0.15, 0.2) is 0 Å². The summed E-state index contributed by atoms with van der Waals surface area (Å²) >= 11 is 1.93. The van der Waals surface area contributed by atoms with Crippen molar-refractivity contribution in [3.05, 3.63) is 40.7 Å². The number of hydrogen-bond donors (Lipinski definition) is 2. The van der Waals surface area contributed by atoms with Gasteiger partial charge in [0.05, 0.1) is 0 Å². The van der Waals surface area contributed by atoms with Crippen molar-refractivity contribution < 1.29 is 0 Å². The van der Waals surface area contributed by atoms with Crippen LogP contribution in [0.1, 0.15) is 19.3 Å². The van der Waals surface area contributed by atoms with E-state index in [-0.39, 0.29) is 5.56 Å². The van der Waals surface area contributed by atoms with Crippen LogP contribution in [0.15, 0.2) is 35.1 Å². The minimum absolute atomic E-state index is 0.0209. The number of aromatic amines is 1. The van der Waals surface area contributed by atoms with E-state index in [0.29, 0.717) is 4.75 Å². The van der Waals surface area contributed by atoms with Gasteiger partial charge in [-0.3, -0.25) is 4.79 Å². The van der Waals surface area contributed by atoms with Crippen molar-refractivity contribution in [3.8, 4) is 0 Å². The average molecular weight is 274 g/mol. The summed E-state index contributed by atoms with van der Waals surface area (Å²) in [6.07, 6.45) is 6.01. The smallest absolute Gasteiger partial charge is 0.257 e. The van der Waals surface area contributed by atoms with Crippen LogP contribution < -0.4 is 10.9 Å². The maximum absolute atomic E-state index is 12.0. The first kappa shape index (κ1) is 12.6. The van der Waals surface area contributed by atoms with Crippen LogP contribution in [-0.4, -0.2) is 22.5 Å². The van der Waals surface area contributed by atoms with Crippen LogP contribution in [0.25, 0.3) is 10.8 Å². The molecule has 2 aromatic rings. The van der Waals surface area contributed by atoms with Crippen LogP contribution in [0, 0.1) is 0 Å². The zero-order chi connectivity index (χ0) is 13.3. The molecule has 3 nitrogen and oxygen atoms in total. The highest BCUT2D eigenvalue weighted by atomic mass is 32.2. The standard InChI is InChI=1S/C15H18N2OS/c1-19-15(7-4-8-15)10-16-13-9-11-5-2-3-6-12(11)14(18)17-13/h2-3,5-6,9H,4,7-8,10H2,1H3,(H2,16,17,18). The summed E-state index contributed by atoms with van der Waals surface area (Å²) in [7, 11) is 0. The van der Waals surface area contributed by atoms with Crippen LogP contribution in [0.2, 0.25) is 0 Å². The molecule has 4 heteroatoms. The monoisotopic (exact) mass is 274 g/mol. The number of benzene rings is 1. The molecule has 0 amide bonds. The zero-order valence-electron chi connectivity index (χ0n) is 11.0. The lowest BCUT2D eigenvalue weighted by atomic mass is 9.84. The molecule has 100 valence electrons. The normalized spacial score (nSPS) is 17.1. The first-order valence-corrected chi connectivity index (χ1v) is 7.86. The summed E-state index contributed by atoms with van der Waals surface area (Å²) in [5.41, 5.74) is -0.0209. The second-order valence-electron chi connectivity index (χ2n) is 5.19. The third-order valence-corrected chi connectivity index (χ3v) is 5.47. The summed E-state index contributed by atoms with van der Waals surface area (Å²) in [6.45, 7) is 0.919. The molecule has 0 saturated heterocycles. The van der Waals surface area contributed by atoms with E-state index >= 15 is 0 Å². The fourth-order valence-corrected chi connectivity index (χ4v) is 3.50. The molecule has 1 saturated carbocycles. The predicted octanol–water partition coefficient (Wildman–Crippen LogP) is 3.23. The van der Waals surface area contributed by atoms with Gasteiger partial charge >= 0.3 is 0 Å². The van der Waals surface area contributed by atoms with E-state index in [0.717, 1.165) is 23.1 Å². The van der Waals surface area contributed by atoms with Gasteiger partial charge in [0.1, 0.15) is 5.82 Å². The van der Waals surface area contributed by atoms with Crippen LogP contribution in [0.4, 0.5) is 5.82 Å². The summed E-state index contributed by atoms with van der Waals surface area (Å²) in [4.78, 5) is 14.9. The molecule has 1 aromatic heterocycles. The Morgan fingerprint density at radius 2 is 2.16 bits per heavy atom. The van der Waals surface area contributed by atoms with Crippen molar-refractivity contribution in [3.63, 3.8) is 0 Å². The molecule has 1 aliphatic carbocycles. The van der Waals surface area contributed by atoms with Crippen LogP contribution >= 0.6 is 11.8 Å². The maximum Gasteiger partial charge on any atom is 0.257 e. The Morgan fingerprint density at radius 1 is 1.37 bits per heavy atom. The number of nitrogens with one attached hydrogen (secondary N) is 2. The van der Waals surface area contributed by atoms with Gasteiger partial charge < -0.3 is 10.3 Å². The number of H-pyrrole nitrogens is 1. The Balaban J connectivity index is 1.83. The van der Waals surface area contributed by atoms with Gasteiger partial charge in [-0.25, -0.2) is 0 Å². The number of thioether (sulfide) groups is 1. The van der Waals surface area contributed by atoms with Crippen molar-refractivity contribution in [1.82, 2.24) is 4.98 Å². The summed E-state index contributed by atoms with van der Waals surface area (Å²) in [5.74, 6) is 0.823. The Morgan fingerprint density at radius 3 is 2.84 bits per heavy atom. The molecule has 1 heterocycles. The lowest BCUT2D eigenvalue weighted by molar-refractivity contribution is 0.379. The molecular formula is C15H18N2OS. The lowest BCUT2D eigenvalue weighted by Gasteiger charge is -2.40. The number of aromatic nitrogens is 1. The van der Waals surface area contributed by atoms with Gasteiger partial charge in [-0.15, -0.1) is 0 Å². The largest absolute Gasteiger partial charge is 0.370 e. The topological polar surface area (TPSA) is 44.9 Å². The van der Waals surface area contributed by atoms with Gasteiger partial charge in [0.25, 0.3) is 5.56 Å². The second-order valence-corrected chi connectivity index (χ2v) is 6.47. The van der Waals surface area contributed by atoms with Gasteiger partial charge in [0, 0.05) is 16.7 Å². The Hall–Kier alpha value is -1.42. The molecule has 1 aliphatic rings. The highest BCUT2D eigenvalue weighted by molar-refractivity contribution is 8.00. The highest BCUT2D eigenvalue weighted by Gasteiger charge is 2.35. The van der Waals surface area contributed by atoms with Crippen molar-refractivity contribution in [2.24, 2.45) is 0 Å². The maximum atomic E-state index is 12.0. The fourth-order valence-electron chi connectivity index (χ4n) is 2.59. The van der Waals surface area contributed by atoms with Gasteiger partial charge in [0.2, 0.25) is 0 Å². The predicted molar refractivity (Wildman–Crippen MR) is 83.2 cm³/mol. The van der Waals surface area contributed by atoms with E-state index in [9.17, 15) is 4.79 Å². The molecule has 0 unspecified atom stereocenters. The number of anilines is 1. The Kier molecular flexibility index (Phi) is 3.27. The SMILES string of the molecule is CSC1(CNc2cc3ccccc3c(=O)[nH]2)CCC1. The quantitative estimate of drug-likeness (QED) is 0.899. The van der Waals surface area contributed by atoms with E-state index in [1.54, 1.807) is 0 Å². The van der Waals surface area contributed by atoms with E-state index in [1.807, 2.05) is 42.1 Å². The first-order chi connectivity index (χ1) is 9.22. The second kappa shape index (κ2) is 4.93. The molecule has 19 heavy (non-hydrogen) atoms. The summed E-state index contributed by atoms with van der Waals surface area (Å²) < 4.78 is 0.364. The minimum atomic E-state index is -0.0209. The third kappa shape index (κ3) is 2.37. The summed E-state index contributed by atoms with van der Waals surface area (Å²) in [6, 6.07) is 9.70. The average Bonchev–Trinajstić information content (AvgIpc) is 2.38. The number of hydrogen-bond acceptors (Lipinski definition) is 3. The molecule has 2 N–H and O–H groups in total. The molecule has 0 bridgehead atoms. The van der Waals surface area contributed by atoms with Crippen LogP contribution in [-0.2, 0) is 0 Å². The van der Waals surface area contributed by atoms with Crippen LogP contribution in [0.5, 0.6) is 0 Å². The number of fused-ring (bicyclic) bond motifs is 1. The lowest BCUT2D eigenvalue weighted by Crippen LogP contribution is -2.40. The Bertz CT molecular complexity index is 640. The molecule has 0 radical (unpaired) electrons. The molecule has 3 rings (SSSR count). The molecule has 1 aromatic carbocycles. The van der Waals surface area contributed by atoms with E-state index < -0.39 is 0 Å². The van der Waals surface area contributed by atoms with E-state index in [4.69, 9.17) is 0 Å². The molecular weight excluding hydrogens is 256 g/mol. The van der Waals surface area contributed by atoms with Gasteiger partial charge in [-0.05, 0) is 36.6 Å². The number of pyridine rings is 1. The molecule has 0 spiro atoms.